The molecule has 0 atom stereocenters. The number of hydrogen-bond acceptors (Lipinski definition) is 4. The number of benzene rings is 1. The largest absolute Gasteiger partial charge is 0.394 e. The summed E-state index contributed by atoms with van der Waals surface area (Å²) in [4.78, 5) is -0.654. The van der Waals surface area contributed by atoms with Crippen LogP contribution in [0, 0.1) is 11.6 Å². The fourth-order valence-electron chi connectivity index (χ4n) is 1.41. The molecule has 1 aromatic carbocycles. The van der Waals surface area contributed by atoms with Crippen molar-refractivity contribution < 1.29 is 21.9 Å². The number of nitrogens with one attached hydrogen (secondary N) is 1. The summed E-state index contributed by atoms with van der Waals surface area (Å²) in [6.45, 7) is 0.655. The molecule has 0 bridgehead atoms. The predicted molar refractivity (Wildman–Crippen MR) is 67.1 cm³/mol. The summed E-state index contributed by atoms with van der Waals surface area (Å²) in [5.41, 5.74) is 4.31. The number of halogens is 2. The fourth-order valence-corrected chi connectivity index (χ4v) is 2.57. The van der Waals surface area contributed by atoms with Crippen LogP contribution in [0.3, 0.4) is 0 Å². The Balaban J connectivity index is 2.75. The first-order valence-corrected chi connectivity index (χ1v) is 7.10. The number of ether oxygens (including phenoxy) is 1. The van der Waals surface area contributed by atoms with Crippen LogP contribution in [0.4, 0.5) is 14.5 Å². The Bertz CT molecular complexity index is 535. The first-order valence-electron chi connectivity index (χ1n) is 5.62. The Morgan fingerprint density at radius 2 is 2.00 bits per heavy atom. The van der Waals surface area contributed by atoms with Gasteiger partial charge in [-0.3, -0.25) is 0 Å². The number of anilines is 1. The molecule has 0 amide bonds. The number of sulfonamides is 1. The standard InChI is InChI=1S/C11H16F2N2O3S/c1-18-7-3-2-6-15-19(16,17)9-5-4-8(12)11(14)10(9)13/h4-5,15H,2-3,6-7,14H2,1H3. The van der Waals surface area contributed by atoms with Gasteiger partial charge >= 0.3 is 0 Å². The maximum absolute atomic E-state index is 13.6. The first kappa shape index (κ1) is 15.8. The molecule has 0 fully saturated rings. The molecule has 19 heavy (non-hydrogen) atoms. The van der Waals surface area contributed by atoms with Gasteiger partial charge in [-0.05, 0) is 25.0 Å². The van der Waals surface area contributed by atoms with E-state index in [4.69, 9.17) is 10.5 Å². The van der Waals surface area contributed by atoms with E-state index in [1.807, 2.05) is 0 Å². The van der Waals surface area contributed by atoms with Crippen molar-refractivity contribution in [2.45, 2.75) is 17.7 Å². The van der Waals surface area contributed by atoms with Crippen molar-refractivity contribution in [1.29, 1.82) is 0 Å². The molecule has 0 aliphatic heterocycles. The van der Waals surface area contributed by atoms with Crippen LogP contribution in [-0.2, 0) is 14.8 Å². The van der Waals surface area contributed by atoms with E-state index in [2.05, 4.69) is 4.72 Å². The number of unbranched alkanes of at least 4 members (excludes halogenated alkanes) is 1. The molecule has 0 aliphatic carbocycles. The van der Waals surface area contributed by atoms with Crippen LogP contribution >= 0.6 is 0 Å². The van der Waals surface area contributed by atoms with Crippen LogP contribution in [0.15, 0.2) is 17.0 Å². The third kappa shape index (κ3) is 4.12. The van der Waals surface area contributed by atoms with E-state index < -0.39 is 32.2 Å². The highest BCUT2D eigenvalue weighted by atomic mass is 32.2. The maximum Gasteiger partial charge on any atom is 0.243 e. The van der Waals surface area contributed by atoms with Gasteiger partial charge in [0.25, 0.3) is 0 Å². The van der Waals surface area contributed by atoms with Gasteiger partial charge in [-0.15, -0.1) is 0 Å². The molecule has 0 spiro atoms. The Labute approximate surface area is 110 Å². The molecule has 0 heterocycles. The monoisotopic (exact) mass is 294 g/mol. The molecular weight excluding hydrogens is 278 g/mol. The van der Waals surface area contributed by atoms with E-state index in [0.717, 1.165) is 12.1 Å². The van der Waals surface area contributed by atoms with Gasteiger partial charge in [-0.1, -0.05) is 0 Å². The molecule has 0 aliphatic rings. The number of nitrogen functional groups attached to an aromatic ring is 1. The van der Waals surface area contributed by atoms with Gasteiger partial charge in [0.15, 0.2) is 5.82 Å². The van der Waals surface area contributed by atoms with Gasteiger partial charge in [0.1, 0.15) is 16.4 Å². The lowest BCUT2D eigenvalue weighted by Crippen LogP contribution is -2.26. The maximum atomic E-state index is 13.6. The number of hydrogen-bond donors (Lipinski definition) is 2. The van der Waals surface area contributed by atoms with E-state index in [1.54, 1.807) is 7.11 Å². The van der Waals surface area contributed by atoms with Gasteiger partial charge in [0.2, 0.25) is 10.0 Å². The van der Waals surface area contributed by atoms with E-state index in [-0.39, 0.29) is 6.54 Å². The zero-order chi connectivity index (χ0) is 14.5. The topological polar surface area (TPSA) is 81.4 Å². The molecule has 5 nitrogen and oxygen atoms in total. The van der Waals surface area contributed by atoms with E-state index in [0.29, 0.717) is 19.4 Å². The summed E-state index contributed by atoms with van der Waals surface area (Å²) >= 11 is 0. The zero-order valence-electron chi connectivity index (χ0n) is 10.4. The number of nitrogens with two attached hydrogens (primary N) is 1. The summed E-state index contributed by atoms with van der Waals surface area (Å²) in [5, 5.41) is 0. The van der Waals surface area contributed by atoms with Crippen LogP contribution in [0.25, 0.3) is 0 Å². The average Bonchev–Trinajstić information content (AvgIpc) is 2.35. The first-order chi connectivity index (χ1) is 8.90. The lowest BCUT2D eigenvalue weighted by atomic mass is 10.3. The molecule has 8 heteroatoms. The SMILES string of the molecule is COCCCCNS(=O)(=O)c1ccc(F)c(N)c1F. The average molecular weight is 294 g/mol. The predicted octanol–water partition coefficient (Wildman–Crippen LogP) is 1.25. The minimum absolute atomic E-state index is 0.141. The quantitative estimate of drug-likeness (QED) is 0.586. The van der Waals surface area contributed by atoms with Crippen LogP contribution < -0.4 is 10.5 Å². The summed E-state index contributed by atoms with van der Waals surface area (Å²) in [5.74, 6) is -2.26. The Morgan fingerprint density at radius 3 is 2.63 bits per heavy atom. The van der Waals surface area contributed by atoms with E-state index in [1.165, 1.54) is 0 Å². The summed E-state index contributed by atoms with van der Waals surface area (Å²) in [6.07, 6.45) is 1.22. The molecular formula is C11H16F2N2O3S. The third-order valence-corrected chi connectivity index (χ3v) is 3.93. The van der Waals surface area contributed by atoms with Crippen molar-refractivity contribution in [3.05, 3.63) is 23.8 Å². The Kier molecular flexibility index (Phi) is 5.64. The fraction of sp³-hybridized carbons (Fsp3) is 0.455. The van der Waals surface area contributed by atoms with Gasteiger partial charge < -0.3 is 10.5 Å². The van der Waals surface area contributed by atoms with Gasteiger partial charge in [-0.25, -0.2) is 21.9 Å². The van der Waals surface area contributed by atoms with Crippen molar-refractivity contribution >= 4 is 15.7 Å². The molecule has 108 valence electrons. The third-order valence-electron chi connectivity index (χ3n) is 2.45. The van der Waals surface area contributed by atoms with Crippen LogP contribution in [0.2, 0.25) is 0 Å². The molecule has 0 unspecified atom stereocenters. The van der Waals surface area contributed by atoms with E-state index in [9.17, 15) is 17.2 Å². The summed E-state index contributed by atoms with van der Waals surface area (Å²) in [6, 6.07) is 1.66. The van der Waals surface area contributed by atoms with Crippen molar-refractivity contribution in [3.63, 3.8) is 0 Å². The molecule has 0 aromatic heterocycles. The Morgan fingerprint density at radius 1 is 1.32 bits per heavy atom. The normalized spacial score (nSPS) is 11.7. The highest BCUT2D eigenvalue weighted by Gasteiger charge is 2.21. The summed E-state index contributed by atoms with van der Waals surface area (Å²) < 4.78 is 57.1. The number of methoxy groups -OCH3 is 1. The second-order valence-corrected chi connectivity index (χ2v) is 5.61. The number of rotatable bonds is 7. The lowest BCUT2D eigenvalue weighted by Gasteiger charge is -2.09. The van der Waals surface area contributed by atoms with Crippen LogP contribution in [-0.4, -0.2) is 28.7 Å². The molecule has 0 radical (unpaired) electrons. The van der Waals surface area contributed by atoms with Gasteiger partial charge in [-0.2, -0.15) is 0 Å². The molecule has 1 rings (SSSR count). The molecule has 0 saturated heterocycles. The second-order valence-electron chi connectivity index (χ2n) is 3.87. The molecule has 0 saturated carbocycles. The van der Waals surface area contributed by atoms with Gasteiger partial charge in [0, 0.05) is 20.3 Å². The Hall–Kier alpha value is -1.25. The minimum Gasteiger partial charge on any atom is -0.394 e. The zero-order valence-corrected chi connectivity index (χ0v) is 11.3. The van der Waals surface area contributed by atoms with Crippen molar-refractivity contribution in [3.8, 4) is 0 Å². The van der Waals surface area contributed by atoms with Crippen LogP contribution in [0.5, 0.6) is 0 Å². The molecule has 1 aromatic rings. The second kappa shape index (κ2) is 6.78. The van der Waals surface area contributed by atoms with Crippen molar-refractivity contribution in [1.82, 2.24) is 4.72 Å². The smallest absolute Gasteiger partial charge is 0.243 e. The van der Waals surface area contributed by atoms with Crippen molar-refractivity contribution in [2.24, 2.45) is 0 Å². The van der Waals surface area contributed by atoms with Crippen molar-refractivity contribution in [2.75, 3.05) is 26.0 Å². The molecule has 3 N–H and O–H groups in total. The minimum atomic E-state index is -4.03. The highest BCUT2D eigenvalue weighted by molar-refractivity contribution is 7.89. The van der Waals surface area contributed by atoms with E-state index >= 15 is 0 Å². The highest BCUT2D eigenvalue weighted by Crippen LogP contribution is 2.22. The van der Waals surface area contributed by atoms with Crippen LogP contribution in [0.1, 0.15) is 12.8 Å². The summed E-state index contributed by atoms with van der Waals surface area (Å²) in [7, 11) is -2.49. The van der Waals surface area contributed by atoms with Gasteiger partial charge in [0.05, 0.1) is 0 Å². The lowest BCUT2D eigenvalue weighted by molar-refractivity contribution is 0.193.